The smallest absolute Gasteiger partial charge is 0.00965 e. The van der Waals surface area contributed by atoms with Gasteiger partial charge in [0, 0.05) is 12.6 Å². The van der Waals surface area contributed by atoms with Crippen LogP contribution in [0.2, 0.25) is 0 Å². The molecule has 2 atom stereocenters. The molecule has 2 fully saturated rings. The van der Waals surface area contributed by atoms with Crippen molar-refractivity contribution in [3.63, 3.8) is 0 Å². The fraction of sp³-hybridized carbons (Fsp3) is 1.00. The van der Waals surface area contributed by atoms with Crippen molar-refractivity contribution in [3.05, 3.63) is 0 Å². The summed E-state index contributed by atoms with van der Waals surface area (Å²) in [4.78, 5) is 2.73. The van der Waals surface area contributed by atoms with Crippen LogP contribution in [0.15, 0.2) is 0 Å². The fourth-order valence-corrected chi connectivity index (χ4v) is 2.56. The summed E-state index contributed by atoms with van der Waals surface area (Å²) in [6.07, 6.45) is 4.22. The Bertz CT molecular complexity index is 177. The molecule has 0 aromatic rings. The summed E-state index contributed by atoms with van der Waals surface area (Å²) >= 11 is 0. The molecule has 0 aromatic heterocycles. The Hall–Kier alpha value is -0.0800. The highest BCUT2D eigenvalue weighted by atomic mass is 15.2. The molecule has 2 aliphatic rings. The Morgan fingerprint density at radius 3 is 2.57 bits per heavy atom. The number of rotatable bonds is 5. The standard InChI is InChI=1S/C12H24N2/c1-3-6-14(12-4-5-12)9-11-8-13-7-10(11)2/h10-13H,3-9H2,1-2H3/t10-,11+/m1/s1. The van der Waals surface area contributed by atoms with Crippen molar-refractivity contribution in [3.8, 4) is 0 Å². The van der Waals surface area contributed by atoms with Crippen molar-refractivity contribution in [2.75, 3.05) is 26.2 Å². The third kappa shape index (κ3) is 2.48. The Morgan fingerprint density at radius 1 is 1.29 bits per heavy atom. The minimum absolute atomic E-state index is 0.883. The normalized spacial score (nSPS) is 32.8. The Morgan fingerprint density at radius 2 is 2.07 bits per heavy atom. The summed E-state index contributed by atoms with van der Waals surface area (Å²) in [6, 6.07) is 0.947. The Kier molecular flexibility index (Phi) is 3.45. The van der Waals surface area contributed by atoms with E-state index < -0.39 is 0 Å². The van der Waals surface area contributed by atoms with Crippen LogP contribution in [0.4, 0.5) is 0 Å². The lowest BCUT2D eigenvalue weighted by Crippen LogP contribution is -2.34. The van der Waals surface area contributed by atoms with Gasteiger partial charge in [0.25, 0.3) is 0 Å². The second-order valence-electron chi connectivity index (χ2n) is 5.12. The van der Waals surface area contributed by atoms with Gasteiger partial charge in [-0.05, 0) is 50.7 Å². The van der Waals surface area contributed by atoms with Gasteiger partial charge < -0.3 is 10.2 Å². The van der Waals surface area contributed by atoms with Crippen molar-refractivity contribution in [1.29, 1.82) is 0 Å². The average molecular weight is 196 g/mol. The van der Waals surface area contributed by atoms with E-state index in [9.17, 15) is 0 Å². The summed E-state index contributed by atoms with van der Waals surface area (Å²) in [5.74, 6) is 1.79. The highest BCUT2D eigenvalue weighted by Gasteiger charge is 2.32. The van der Waals surface area contributed by atoms with E-state index in [0.29, 0.717) is 0 Å². The van der Waals surface area contributed by atoms with Crippen molar-refractivity contribution >= 4 is 0 Å². The number of hydrogen-bond acceptors (Lipinski definition) is 2. The van der Waals surface area contributed by atoms with Crippen LogP contribution in [-0.4, -0.2) is 37.1 Å². The van der Waals surface area contributed by atoms with Crippen molar-refractivity contribution in [2.45, 2.75) is 39.2 Å². The Balaban J connectivity index is 1.80. The molecule has 0 unspecified atom stereocenters. The molecule has 1 aliphatic carbocycles. The van der Waals surface area contributed by atoms with E-state index in [2.05, 4.69) is 24.1 Å². The van der Waals surface area contributed by atoms with Crippen molar-refractivity contribution in [1.82, 2.24) is 10.2 Å². The molecule has 0 bridgehead atoms. The minimum Gasteiger partial charge on any atom is -0.316 e. The maximum Gasteiger partial charge on any atom is 0.00965 e. The van der Waals surface area contributed by atoms with E-state index in [-0.39, 0.29) is 0 Å². The van der Waals surface area contributed by atoms with E-state index in [1.807, 2.05) is 0 Å². The number of hydrogen-bond donors (Lipinski definition) is 1. The van der Waals surface area contributed by atoms with E-state index in [4.69, 9.17) is 0 Å². The molecule has 0 aromatic carbocycles. The summed E-state index contributed by atoms with van der Waals surface area (Å²) < 4.78 is 0. The first kappa shape index (κ1) is 10.4. The van der Waals surface area contributed by atoms with E-state index in [0.717, 1.165) is 17.9 Å². The van der Waals surface area contributed by atoms with Gasteiger partial charge in [-0.15, -0.1) is 0 Å². The van der Waals surface area contributed by atoms with Gasteiger partial charge in [0.05, 0.1) is 0 Å². The minimum atomic E-state index is 0.883. The van der Waals surface area contributed by atoms with Crippen LogP contribution in [0.1, 0.15) is 33.1 Å². The topological polar surface area (TPSA) is 15.3 Å². The van der Waals surface area contributed by atoms with Crippen LogP contribution in [0, 0.1) is 11.8 Å². The molecule has 2 nitrogen and oxygen atoms in total. The maximum absolute atomic E-state index is 3.50. The first-order valence-electron chi connectivity index (χ1n) is 6.26. The van der Waals surface area contributed by atoms with Gasteiger partial charge in [0.1, 0.15) is 0 Å². The van der Waals surface area contributed by atoms with Crippen LogP contribution < -0.4 is 5.32 Å². The zero-order valence-corrected chi connectivity index (χ0v) is 9.63. The number of nitrogens with zero attached hydrogens (tertiary/aromatic N) is 1. The highest BCUT2D eigenvalue weighted by Crippen LogP contribution is 2.29. The molecular weight excluding hydrogens is 172 g/mol. The Labute approximate surface area is 88.1 Å². The molecule has 82 valence electrons. The molecule has 1 heterocycles. The van der Waals surface area contributed by atoms with Gasteiger partial charge in [-0.3, -0.25) is 0 Å². The molecule has 2 rings (SSSR count). The molecule has 14 heavy (non-hydrogen) atoms. The number of nitrogens with one attached hydrogen (secondary N) is 1. The summed E-state index contributed by atoms with van der Waals surface area (Å²) in [6.45, 7) is 9.82. The van der Waals surface area contributed by atoms with Crippen LogP contribution in [-0.2, 0) is 0 Å². The molecule has 1 N–H and O–H groups in total. The highest BCUT2D eigenvalue weighted by molar-refractivity contribution is 4.88. The van der Waals surface area contributed by atoms with Gasteiger partial charge in [-0.1, -0.05) is 13.8 Å². The average Bonchev–Trinajstić information content (AvgIpc) is 2.93. The zero-order valence-electron chi connectivity index (χ0n) is 9.63. The van der Waals surface area contributed by atoms with Gasteiger partial charge >= 0.3 is 0 Å². The van der Waals surface area contributed by atoms with Gasteiger partial charge in [0.2, 0.25) is 0 Å². The molecule has 0 spiro atoms. The first-order chi connectivity index (χ1) is 6.81. The quantitative estimate of drug-likeness (QED) is 0.720. The lowest BCUT2D eigenvalue weighted by molar-refractivity contribution is 0.209. The summed E-state index contributed by atoms with van der Waals surface area (Å²) in [5.41, 5.74) is 0. The van der Waals surface area contributed by atoms with Crippen LogP contribution >= 0.6 is 0 Å². The molecule has 0 amide bonds. The van der Waals surface area contributed by atoms with E-state index in [1.54, 1.807) is 0 Å². The van der Waals surface area contributed by atoms with Gasteiger partial charge in [-0.2, -0.15) is 0 Å². The monoisotopic (exact) mass is 196 g/mol. The molecular formula is C12H24N2. The largest absolute Gasteiger partial charge is 0.316 e. The lowest BCUT2D eigenvalue weighted by atomic mass is 9.97. The summed E-state index contributed by atoms with van der Waals surface area (Å²) in [7, 11) is 0. The molecule has 0 radical (unpaired) electrons. The molecule has 2 heteroatoms. The van der Waals surface area contributed by atoms with E-state index >= 15 is 0 Å². The van der Waals surface area contributed by atoms with Gasteiger partial charge in [-0.25, -0.2) is 0 Å². The van der Waals surface area contributed by atoms with E-state index in [1.165, 1.54) is 45.4 Å². The third-order valence-electron chi connectivity index (χ3n) is 3.72. The SMILES string of the molecule is CCCN(C[C@@H]1CNC[C@H]1C)C1CC1. The third-order valence-corrected chi connectivity index (χ3v) is 3.72. The van der Waals surface area contributed by atoms with Crippen LogP contribution in [0.25, 0.3) is 0 Å². The predicted molar refractivity (Wildman–Crippen MR) is 60.4 cm³/mol. The fourth-order valence-electron chi connectivity index (χ4n) is 2.56. The summed E-state index contributed by atoms with van der Waals surface area (Å²) in [5, 5.41) is 3.50. The van der Waals surface area contributed by atoms with Crippen LogP contribution in [0.5, 0.6) is 0 Å². The maximum atomic E-state index is 3.50. The van der Waals surface area contributed by atoms with Crippen LogP contribution in [0.3, 0.4) is 0 Å². The first-order valence-corrected chi connectivity index (χ1v) is 6.26. The molecule has 1 saturated carbocycles. The molecule has 1 saturated heterocycles. The molecule has 1 aliphatic heterocycles. The zero-order chi connectivity index (χ0) is 9.97. The predicted octanol–water partition coefficient (Wildman–Crippen LogP) is 1.72. The van der Waals surface area contributed by atoms with Crippen molar-refractivity contribution in [2.24, 2.45) is 11.8 Å². The second kappa shape index (κ2) is 4.63. The van der Waals surface area contributed by atoms with Crippen molar-refractivity contribution < 1.29 is 0 Å². The van der Waals surface area contributed by atoms with Gasteiger partial charge in [0.15, 0.2) is 0 Å². The lowest BCUT2D eigenvalue weighted by Gasteiger charge is -2.26. The second-order valence-corrected chi connectivity index (χ2v) is 5.12.